The monoisotopic (exact) mass is 312 g/mol. The molecule has 0 spiro atoms. The number of amides is 1. The first-order valence-electron chi connectivity index (χ1n) is 7.67. The SMILES string of the molecule is CC(C)OCCNC(=O)c1ccnn1-c1ccc2ccccn12. The van der Waals surface area contributed by atoms with Gasteiger partial charge in [-0.2, -0.15) is 5.10 Å². The molecule has 3 heterocycles. The second-order valence-corrected chi connectivity index (χ2v) is 5.49. The molecule has 3 aromatic rings. The number of fused-ring (bicyclic) bond motifs is 1. The van der Waals surface area contributed by atoms with Crippen molar-refractivity contribution >= 4 is 11.4 Å². The van der Waals surface area contributed by atoms with Gasteiger partial charge in [0.15, 0.2) is 0 Å². The molecule has 1 amide bonds. The maximum atomic E-state index is 12.4. The van der Waals surface area contributed by atoms with Gasteiger partial charge in [-0.3, -0.25) is 4.79 Å². The highest BCUT2D eigenvalue weighted by atomic mass is 16.5. The second kappa shape index (κ2) is 6.66. The minimum absolute atomic E-state index is 0.157. The predicted octanol–water partition coefficient (Wildman–Crippen LogP) is 2.28. The fourth-order valence-electron chi connectivity index (χ4n) is 2.42. The molecule has 0 aliphatic rings. The summed E-state index contributed by atoms with van der Waals surface area (Å²) in [6.45, 7) is 4.89. The summed E-state index contributed by atoms with van der Waals surface area (Å²) in [5.74, 6) is 0.662. The molecule has 6 heteroatoms. The number of rotatable bonds is 6. The number of hydrogen-bond donors (Lipinski definition) is 1. The van der Waals surface area contributed by atoms with Crippen LogP contribution in [0.4, 0.5) is 0 Å². The summed E-state index contributed by atoms with van der Waals surface area (Å²) in [6, 6.07) is 11.6. The Hall–Kier alpha value is -2.60. The zero-order chi connectivity index (χ0) is 16.2. The van der Waals surface area contributed by atoms with E-state index < -0.39 is 0 Å². The molecule has 0 atom stereocenters. The van der Waals surface area contributed by atoms with Crippen LogP contribution in [0.1, 0.15) is 24.3 Å². The van der Waals surface area contributed by atoms with E-state index in [9.17, 15) is 4.79 Å². The maximum Gasteiger partial charge on any atom is 0.270 e. The van der Waals surface area contributed by atoms with Gasteiger partial charge >= 0.3 is 0 Å². The molecule has 3 aromatic heterocycles. The molecule has 0 aliphatic carbocycles. The Labute approximate surface area is 134 Å². The van der Waals surface area contributed by atoms with E-state index in [0.717, 1.165) is 11.3 Å². The molecule has 0 aromatic carbocycles. The lowest BCUT2D eigenvalue weighted by Gasteiger charge is -2.10. The van der Waals surface area contributed by atoms with Gasteiger partial charge in [0.1, 0.15) is 11.5 Å². The minimum Gasteiger partial charge on any atom is -0.377 e. The molecule has 1 N–H and O–H groups in total. The van der Waals surface area contributed by atoms with E-state index in [1.54, 1.807) is 16.9 Å². The summed E-state index contributed by atoms with van der Waals surface area (Å²) in [6.07, 6.45) is 3.73. The number of carbonyl (C=O) groups excluding carboxylic acids is 1. The zero-order valence-corrected chi connectivity index (χ0v) is 13.3. The zero-order valence-electron chi connectivity index (χ0n) is 13.3. The van der Waals surface area contributed by atoms with Crippen LogP contribution in [-0.2, 0) is 4.74 Å². The van der Waals surface area contributed by atoms with Crippen LogP contribution in [0.25, 0.3) is 11.3 Å². The Morgan fingerprint density at radius 2 is 2.13 bits per heavy atom. The highest BCUT2D eigenvalue weighted by molar-refractivity contribution is 5.93. The highest BCUT2D eigenvalue weighted by Crippen LogP contribution is 2.15. The van der Waals surface area contributed by atoms with Gasteiger partial charge in [0.2, 0.25) is 0 Å². The first kappa shape index (κ1) is 15.3. The average molecular weight is 312 g/mol. The fourth-order valence-corrected chi connectivity index (χ4v) is 2.42. The van der Waals surface area contributed by atoms with Crippen LogP contribution in [0.5, 0.6) is 0 Å². The minimum atomic E-state index is -0.166. The molecule has 0 bridgehead atoms. The number of nitrogens with zero attached hydrogens (tertiary/aromatic N) is 3. The lowest BCUT2D eigenvalue weighted by Crippen LogP contribution is -2.30. The van der Waals surface area contributed by atoms with Crippen LogP contribution >= 0.6 is 0 Å². The Balaban J connectivity index is 1.78. The van der Waals surface area contributed by atoms with Crippen LogP contribution in [0.3, 0.4) is 0 Å². The molecular weight excluding hydrogens is 292 g/mol. The first-order chi connectivity index (χ1) is 11.2. The standard InChI is InChI=1S/C17H20N4O2/c1-13(2)23-12-10-18-17(22)15-8-9-19-21(15)16-7-6-14-5-3-4-11-20(14)16/h3-9,11,13H,10,12H2,1-2H3,(H,18,22). The lowest BCUT2D eigenvalue weighted by atomic mass is 10.4. The predicted molar refractivity (Wildman–Crippen MR) is 87.9 cm³/mol. The van der Waals surface area contributed by atoms with Gasteiger partial charge in [0.25, 0.3) is 5.91 Å². The van der Waals surface area contributed by atoms with Crippen molar-refractivity contribution in [1.82, 2.24) is 19.5 Å². The summed E-state index contributed by atoms with van der Waals surface area (Å²) in [5.41, 5.74) is 1.55. The van der Waals surface area contributed by atoms with E-state index in [-0.39, 0.29) is 12.0 Å². The van der Waals surface area contributed by atoms with E-state index >= 15 is 0 Å². The van der Waals surface area contributed by atoms with Gasteiger partial charge in [-0.05, 0) is 44.2 Å². The number of ether oxygens (including phenoxy) is 1. The Bertz CT molecular complexity index is 804. The van der Waals surface area contributed by atoms with Crippen LogP contribution in [0.2, 0.25) is 0 Å². The molecule has 23 heavy (non-hydrogen) atoms. The van der Waals surface area contributed by atoms with Gasteiger partial charge in [0.05, 0.1) is 18.9 Å². The molecule has 0 saturated carbocycles. The number of nitrogens with one attached hydrogen (secondary N) is 1. The quantitative estimate of drug-likeness (QED) is 0.710. The molecule has 0 fully saturated rings. The third kappa shape index (κ3) is 3.27. The second-order valence-electron chi connectivity index (χ2n) is 5.49. The van der Waals surface area contributed by atoms with Crippen molar-refractivity contribution in [2.75, 3.05) is 13.2 Å². The van der Waals surface area contributed by atoms with E-state index in [1.165, 1.54) is 0 Å². The summed E-state index contributed by atoms with van der Waals surface area (Å²) in [7, 11) is 0. The van der Waals surface area contributed by atoms with Crippen molar-refractivity contribution in [1.29, 1.82) is 0 Å². The smallest absolute Gasteiger partial charge is 0.270 e. The van der Waals surface area contributed by atoms with Crippen molar-refractivity contribution in [3.8, 4) is 5.82 Å². The van der Waals surface area contributed by atoms with E-state index in [2.05, 4.69) is 10.4 Å². The Kier molecular flexibility index (Phi) is 4.43. The van der Waals surface area contributed by atoms with Gasteiger partial charge in [-0.25, -0.2) is 4.68 Å². The number of aromatic nitrogens is 3. The van der Waals surface area contributed by atoms with Crippen LogP contribution in [-0.4, -0.2) is 39.3 Å². The van der Waals surface area contributed by atoms with E-state index in [4.69, 9.17) is 4.74 Å². The first-order valence-corrected chi connectivity index (χ1v) is 7.67. The summed E-state index contributed by atoms with van der Waals surface area (Å²) in [5, 5.41) is 7.15. The largest absolute Gasteiger partial charge is 0.377 e. The van der Waals surface area contributed by atoms with Gasteiger partial charge in [0, 0.05) is 18.3 Å². The normalized spacial score (nSPS) is 11.3. The third-order valence-corrected chi connectivity index (χ3v) is 3.47. The summed E-state index contributed by atoms with van der Waals surface area (Å²) >= 11 is 0. The topological polar surface area (TPSA) is 60.6 Å². The average Bonchev–Trinajstić information content (AvgIpc) is 3.17. The van der Waals surface area contributed by atoms with Gasteiger partial charge < -0.3 is 14.5 Å². The Morgan fingerprint density at radius 3 is 2.96 bits per heavy atom. The molecule has 3 rings (SSSR count). The lowest BCUT2D eigenvalue weighted by molar-refractivity contribution is 0.0744. The summed E-state index contributed by atoms with van der Waals surface area (Å²) in [4.78, 5) is 12.4. The number of hydrogen-bond acceptors (Lipinski definition) is 3. The van der Waals surface area contributed by atoms with Crippen molar-refractivity contribution in [2.24, 2.45) is 0 Å². The molecule has 0 saturated heterocycles. The molecule has 6 nitrogen and oxygen atoms in total. The molecule has 0 unspecified atom stereocenters. The molecule has 120 valence electrons. The highest BCUT2D eigenvalue weighted by Gasteiger charge is 2.15. The van der Waals surface area contributed by atoms with Crippen LogP contribution < -0.4 is 5.32 Å². The number of carbonyl (C=O) groups is 1. The van der Waals surface area contributed by atoms with E-state index in [1.807, 2.05) is 54.8 Å². The molecule has 0 aliphatic heterocycles. The third-order valence-electron chi connectivity index (χ3n) is 3.47. The van der Waals surface area contributed by atoms with Crippen molar-refractivity contribution < 1.29 is 9.53 Å². The van der Waals surface area contributed by atoms with E-state index in [0.29, 0.717) is 18.8 Å². The molecule has 0 radical (unpaired) electrons. The van der Waals surface area contributed by atoms with Crippen molar-refractivity contribution in [3.63, 3.8) is 0 Å². The number of pyridine rings is 1. The van der Waals surface area contributed by atoms with Crippen LogP contribution in [0, 0.1) is 0 Å². The van der Waals surface area contributed by atoms with Crippen molar-refractivity contribution in [2.45, 2.75) is 20.0 Å². The maximum absolute atomic E-state index is 12.4. The van der Waals surface area contributed by atoms with Crippen LogP contribution in [0.15, 0.2) is 48.8 Å². The summed E-state index contributed by atoms with van der Waals surface area (Å²) < 4.78 is 9.06. The Morgan fingerprint density at radius 1 is 1.26 bits per heavy atom. The van der Waals surface area contributed by atoms with Crippen molar-refractivity contribution in [3.05, 3.63) is 54.5 Å². The fraction of sp³-hybridized carbons (Fsp3) is 0.294. The van der Waals surface area contributed by atoms with Gasteiger partial charge in [-0.15, -0.1) is 0 Å². The van der Waals surface area contributed by atoms with Gasteiger partial charge in [-0.1, -0.05) is 6.07 Å². The molecular formula is C17H20N4O2.